The van der Waals surface area contributed by atoms with Gasteiger partial charge in [-0.3, -0.25) is 4.90 Å². The minimum atomic E-state index is -0.0506. The van der Waals surface area contributed by atoms with Gasteiger partial charge in [-0.05, 0) is 48.4 Å². The van der Waals surface area contributed by atoms with Gasteiger partial charge in [0.05, 0.1) is 10.7 Å². The molecule has 6 heteroatoms. The fourth-order valence-corrected chi connectivity index (χ4v) is 4.85. The first kappa shape index (κ1) is 16.9. The molecule has 2 aliphatic rings. The number of hydrogen-bond donors (Lipinski definition) is 1. The van der Waals surface area contributed by atoms with Gasteiger partial charge in [-0.2, -0.15) is 0 Å². The molecule has 0 spiro atoms. The van der Waals surface area contributed by atoms with E-state index in [9.17, 15) is 4.79 Å². The Hall–Kier alpha value is -1.56. The number of rotatable bonds is 2. The summed E-state index contributed by atoms with van der Waals surface area (Å²) in [5, 5.41) is 5.71. The Kier molecular flexibility index (Phi) is 4.97. The second-order valence-corrected chi connectivity index (χ2v) is 8.13. The summed E-state index contributed by atoms with van der Waals surface area (Å²) < 4.78 is 0. The van der Waals surface area contributed by atoms with Crippen LogP contribution in [0, 0.1) is 0 Å². The van der Waals surface area contributed by atoms with Gasteiger partial charge in [0.1, 0.15) is 0 Å². The zero-order valence-electron chi connectivity index (χ0n) is 14.1. The maximum atomic E-state index is 12.5. The number of halogens is 1. The zero-order valence-corrected chi connectivity index (χ0v) is 15.7. The Morgan fingerprint density at radius 3 is 2.76 bits per heavy atom. The van der Waals surface area contributed by atoms with Crippen molar-refractivity contribution in [3.8, 4) is 0 Å². The standard InChI is InChI=1S/C19H22ClN3OS/c20-16-3-1-2-4-17(16)21-19(24)22-9-5-15(6-10-22)23-11-7-18-14(13-23)8-12-25-18/h1-4,8,12,15H,5-7,9-11,13H2,(H,21,24). The first-order chi connectivity index (χ1) is 12.2. The van der Waals surface area contributed by atoms with Crippen molar-refractivity contribution < 1.29 is 4.79 Å². The van der Waals surface area contributed by atoms with Crippen LogP contribution in [-0.4, -0.2) is 41.5 Å². The number of urea groups is 1. The van der Waals surface area contributed by atoms with E-state index in [1.165, 1.54) is 12.0 Å². The highest BCUT2D eigenvalue weighted by Gasteiger charge is 2.29. The summed E-state index contributed by atoms with van der Waals surface area (Å²) in [5.41, 5.74) is 2.17. The number of carbonyl (C=O) groups is 1. The average Bonchev–Trinajstić information content (AvgIpc) is 3.11. The molecule has 0 unspecified atom stereocenters. The van der Waals surface area contributed by atoms with Gasteiger partial charge in [0.25, 0.3) is 0 Å². The number of piperidine rings is 1. The molecule has 4 rings (SSSR count). The number of amides is 2. The maximum Gasteiger partial charge on any atom is 0.321 e. The highest BCUT2D eigenvalue weighted by atomic mass is 35.5. The summed E-state index contributed by atoms with van der Waals surface area (Å²) in [6.07, 6.45) is 3.24. The quantitative estimate of drug-likeness (QED) is 0.841. The van der Waals surface area contributed by atoms with E-state index in [-0.39, 0.29) is 6.03 Å². The van der Waals surface area contributed by atoms with Gasteiger partial charge in [-0.1, -0.05) is 23.7 Å². The summed E-state index contributed by atoms with van der Waals surface area (Å²) in [4.78, 5) is 18.5. The van der Waals surface area contributed by atoms with Gasteiger partial charge in [0.15, 0.2) is 0 Å². The first-order valence-corrected chi connectivity index (χ1v) is 10.1. The van der Waals surface area contributed by atoms with Crippen LogP contribution in [0.1, 0.15) is 23.3 Å². The number of anilines is 1. The first-order valence-electron chi connectivity index (χ1n) is 8.80. The average molecular weight is 376 g/mol. The van der Waals surface area contributed by atoms with Crippen molar-refractivity contribution in [3.63, 3.8) is 0 Å². The zero-order chi connectivity index (χ0) is 17.2. The van der Waals surface area contributed by atoms with Crippen LogP contribution in [0.15, 0.2) is 35.7 Å². The molecule has 0 bridgehead atoms. The largest absolute Gasteiger partial charge is 0.324 e. The third-order valence-electron chi connectivity index (χ3n) is 5.22. The van der Waals surface area contributed by atoms with Crippen LogP contribution >= 0.6 is 22.9 Å². The van der Waals surface area contributed by atoms with Crippen molar-refractivity contribution in [1.82, 2.24) is 9.80 Å². The molecule has 0 aliphatic carbocycles. The fraction of sp³-hybridized carbons (Fsp3) is 0.421. The smallest absolute Gasteiger partial charge is 0.321 e. The molecule has 0 atom stereocenters. The van der Waals surface area contributed by atoms with E-state index in [1.807, 2.05) is 34.4 Å². The number of nitrogens with one attached hydrogen (secondary N) is 1. The van der Waals surface area contributed by atoms with Crippen molar-refractivity contribution in [2.24, 2.45) is 0 Å². The summed E-state index contributed by atoms with van der Waals surface area (Å²) in [6, 6.07) is 10.2. The Balaban J connectivity index is 1.31. The van der Waals surface area contributed by atoms with Crippen LogP contribution in [0.2, 0.25) is 5.02 Å². The molecule has 0 saturated carbocycles. The molecule has 1 aromatic heterocycles. The van der Waals surface area contributed by atoms with Crippen molar-refractivity contribution in [3.05, 3.63) is 51.2 Å². The van der Waals surface area contributed by atoms with Crippen molar-refractivity contribution >= 4 is 34.7 Å². The summed E-state index contributed by atoms with van der Waals surface area (Å²) in [6.45, 7) is 3.81. The molecule has 1 saturated heterocycles. The van der Waals surface area contributed by atoms with Gasteiger partial charge in [0, 0.05) is 37.1 Å². The van der Waals surface area contributed by atoms with Gasteiger partial charge in [-0.25, -0.2) is 4.79 Å². The number of thiophene rings is 1. The van der Waals surface area contributed by atoms with Crippen molar-refractivity contribution in [2.75, 3.05) is 25.0 Å². The van der Waals surface area contributed by atoms with Crippen molar-refractivity contribution in [1.29, 1.82) is 0 Å². The van der Waals surface area contributed by atoms with E-state index in [4.69, 9.17) is 11.6 Å². The molecule has 1 fully saturated rings. The molecule has 25 heavy (non-hydrogen) atoms. The van der Waals surface area contributed by atoms with E-state index < -0.39 is 0 Å². The number of carbonyl (C=O) groups excluding carboxylic acids is 1. The van der Waals surface area contributed by atoms with Gasteiger partial charge < -0.3 is 10.2 Å². The van der Waals surface area contributed by atoms with Crippen LogP contribution in [0.5, 0.6) is 0 Å². The Morgan fingerprint density at radius 1 is 1.16 bits per heavy atom. The minimum absolute atomic E-state index is 0.0506. The molecule has 1 aromatic carbocycles. The van der Waals surface area contributed by atoms with Gasteiger partial charge in [0.2, 0.25) is 0 Å². The van der Waals surface area contributed by atoms with Gasteiger partial charge in [-0.15, -0.1) is 11.3 Å². The molecule has 132 valence electrons. The second-order valence-electron chi connectivity index (χ2n) is 6.72. The van der Waals surface area contributed by atoms with Crippen LogP contribution in [0.3, 0.4) is 0 Å². The predicted molar refractivity (Wildman–Crippen MR) is 103 cm³/mol. The van der Waals surface area contributed by atoms with E-state index in [2.05, 4.69) is 21.7 Å². The van der Waals surface area contributed by atoms with Crippen molar-refractivity contribution in [2.45, 2.75) is 31.8 Å². The fourth-order valence-electron chi connectivity index (χ4n) is 3.77. The molecular weight excluding hydrogens is 354 g/mol. The number of benzene rings is 1. The number of likely N-dealkylation sites (tertiary alicyclic amines) is 1. The van der Waals surface area contributed by atoms with Crippen LogP contribution < -0.4 is 5.32 Å². The number of fused-ring (bicyclic) bond motifs is 1. The maximum absolute atomic E-state index is 12.5. The van der Waals surface area contributed by atoms with Gasteiger partial charge >= 0.3 is 6.03 Å². The van der Waals surface area contributed by atoms with E-state index >= 15 is 0 Å². The molecule has 1 N–H and O–H groups in total. The Morgan fingerprint density at radius 2 is 1.96 bits per heavy atom. The Bertz CT molecular complexity index is 755. The highest BCUT2D eigenvalue weighted by molar-refractivity contribution is 7.10. The molecule has 0 radical (unpaired) electrons. The van der Waals surface area contributed by atoms with E-state index in [1.54, 1.807) is 10.9 Å². The summed E-state index contributed by atoms with van der Waals surface area (Å²) >= 11 is 8.01. The lowest BCUT2D eigenvalue weighted by Crippen LogP contribution is -2.48. The lowest BCUT2D eigenvalue weighted by atomic mass is 10.00. The summed E-state index contributed by atoms with van der Waals surface area (Å²) in [5.74, 6) is 0. The third kappa shape index (κ3) is 3.68. The monoisotopic (exact) mass is 375 g/mol. The molecule has 3 heterocycles. The summed E-state index contributed by atoms with van der Waals surface area (Å²) in [7, 11) is 0. The van der Waals surface area contributed by atoms with Crippen LogP contribution in [0.25, 0.3) is 0 Å². The predicted octanol–water partition coefficient (Wildman–Crippen LogP) is 4.46. The molecule has 2 aliphatic heterocycles. The van der Waals surface area contributed by atoms with E-state index in [0.29, 0.717) is 16.8 Å². The number of hydrogen-bond acceptors (Lipinski definition) is 3. The molecule has 4 nitrogen and oxygen atoms in total. The Labute approximate surface area is 157 Å². The van der Waals surface area contributed by atoms with E-state index in [0.717, 1.165) is 39.0 Å². The molecule has 2 amide bonds. The lowest BCUT2D eigenvalue weighted by Gasteiger charge is -2.40. The minimum Gasteiger partial charge on any atom is -0.324 e. The SMILES string of the molecule is O=C(Nc1ccccc1Cl)N1CCC(N2CCc3sccc3C2)CC1. The van der Waals surface area contributed by atoms with Crippen LogP contribution in [-0.2, 0) is 13.0 Å². The number of para-hydroxylation sites is 1. The normalized spacial score (nSPS) is 18.8. The highest BCUT2D eigenvalue weighted by Crippen LogP contribution is 2.28. The molecular formula is C19H22ClN3OS. The second kappa shape index (κ2) is 7.36. The lowest BCUT2D eigenvalue weighted by molar-refractivity contribution is 0.111. The molecule has 2 aromatic rings. The number of nitrogens with zero attached hydrogens (tertiary/aromatic N) is 2. The topological polar surface area (TPSA) is 35.6 Å². The third-order valence-corrected chi connectivity index (χ3v) is 6.57. The van der Waals surface area contributed by atoms with Crippen LogP contribution in [0.4, 0.5) is 10.5 Å².